The highest BCUT2D eigenvalue weighted by Gasteiger charge is 2.16. The number of nitrogens with zero attached hydrogens (tertiary/aromatic N) is 2. The van der Waals surface area contributed by atoms with Crippen molar-refractivity contribution in [3.05, 3.63) is 36.2 Å². The number of carbonyl (C=O) groups excluding carboxylic acids is 1. The van der Waals surface area contributed by atoms with Gasteiger partial charge < -0.3 is 21.1 Å². The van der Waals surface area contributed by atoms with Crippen molar-refractivity contribution >= 4 is 29.0 Å². The molecule has 26 heavy (non-hydrogen) atoms. The van der Waals surface area contributed by atoms with Crippen LogP contribution in [-0.4, -0.2) is 28.6 Å². The molecule has 0 spiro atoms. The third kappa shape index (κ3) is 4.41. The van der Waals surface area contributed by atoms with Crippen molar-refractivity contribution in [2.45, 2.75) is 45.1 Å². The number of carbonyl (C=O) groups is 1. The lowest BCUT2D eigenvalue weighted by atomic mass is 9.95. The lowest BCUT2D eigenvalue weighted by Crippen LogP contribution is -2.23. The number of hydrogen-bond donors (Lipinski definition) is 3. The van der Waals surface area contributed by atoms with Crippen LogP contribution in [0.5, 0.6) is 0 Å². The van der Waals surface area contributed by atoms with Gasteiger partial charge in [0.1, 0.15) is 12.0 Å². The number of nitrogens with two attached hydrogens (primary N) is 1. The fourth-order valence-corrected chi connectivity index (χ4v) is 3.13. The Morgan fingerprint density at radius 2 is 2.00 bits per heavy atom. The number of nitrogen functional groups attached to an aromatic ring is 1. The maximum absolute atomic E-state index is 11.9. The molecule has 4 N–H and O–H groups in total. The standard InChI is InChI=1S/C19H25N5O2/c1-2-26-19(25)13-7-6-10-15(11-13)24-18-16(20)17(21-12-22-18)23-14-8-4-3-5-9-14/h6-7,10-12,14H,2-5,8-9,20H2,1H3,(H2,21,22,23,24). The van der Waals surface area contributed by atoms with Crippen LogP contribution in [0.1, 0.15) is 49.4 Å². The predicted molar refractivity (Wildman–Crippen MR) is 103 cm³/mol. The van der Waals surface area contributed by atoms with Gasteiger partial charge in [0.05, 0.1) is 12.2 Å². The summed E-state index contributed by atoms with van der Waals surface area (Å²) in [6.07, 6.45) is 7.50. The fraction of sp³-hybridized carbons (Fsp3) is 0.421. The largest absolute Gasteiger partial charge is 0.462 e. The topological polar surface area (TPSA) is 102 Å². The van der Waals surface area contributed by atoms with Gasteiger partial charge in [-0.05, 0) is 38.0 Å². The van der Waals surface area contributed by atoms with E-state index in [0.717, 1.165) is 12.8 Å². The predicted octanol–water partition coefficient (Wildman–Crippen LogP) is 3.72. The second-order valence-electron chi connectivity index (χ2n) is 6.39. The molecular formula is C19H25N5O2. The molecule has 7 heteroatoms. The van der Waals surface area contributed by atoms with Gasteiger partial charge in [0.15, 0.2) is 11.6 Å². The Morgan fingerprint density at radius 1 is 1.23 bits per heavy atom. The Balaban J connectivity index is 1.74. The highest BCUT2D eigenvalue weighted by molar-refractivity contribution is 5.91. The molecule has 0 atom stereocenters. The second kappa shape index (κ2) is 8.51. The van der Waals surface area contributed by atoms with Gasteiger partial charge in [-0.2, -0.15) is 0 Å². The van der Waals surface area contributed by atoms with Gasteiger partial charge >= 0.3 is 5.97 Å². The Bertz CT molecular complexity index is 759. The van der Waals surface area contributed by atoms with E-state index >= 15 is 0 Å². The van der Waals surface area contributed by atoms with Crippen LogP contribution >= 0.6 is 0 Å². The third-order valence-electron chi connectivity index (χ3n) is 4.47. The highest BCUT2D eigenvalue weighted by Crippen LogP contribution is 2.29. The van der Waals surface area contributed by atoms with E-state index in [0.29, 0.717) is 41.2 Å². The molecule has 1 aromatic heterocycles. The molecule has 2 aromatic rings. The summed E-state index contributed by atoms with van der Waals surface area (Å²) in [6, 6.07) is 7.46. The maximum atomic E-state index is 11.9. The van der Waals surface area contributed by atoms with Crippen LogP contribution in [-0.2, 0) is 4.74 Å². The summed E-state index contributed by atoms with van der Waals surface area (Å²) in [5, 5.41) is 6.59. The minimum atomic E-state index is -0.355. The van der Waals surface area contributed by atoms with Gasteiger partial charge in [0.25, 0.3) is 0 Å². The van der Waals surface area contributed by atoms with Crippen LogP contribution < -0.4 is 16.4 Å². The molecule has 1 aromatic carbocycles. The molecule has 0 amide bonds. The van der Waals surface area contributed by atoms with E-state index in [9.17, 15) is 4.79 Å². The smallest absolute Gasteiger partial charge is 0.338 e. The zero-order valence-corrected chi connectivity index (χ0v) is 15.0. The molecule has 0 aliphatic heterocycles. The molecule has 1 heterocycles. The van der Waals surface area contributed by atoms with Crippen LogP contribution in [0.3, 0.4) is 0 Å². The van der Waals surface area contributed by atoms with E-state index < -0.39 is 0 Å². The average Bonchev–Trinajstić information content (AvgIpc) is 2.66. The zero-order valence-electron chi connectivity index (χ0n) is 15.0. The van der Waals surface area contributed by atoms with E-state index in [1.807, 2.05) is 6.07 Å². The minimum absolute atomic E-state index is 0.339. The Hall–Kier alpha value is -2.83. The van der Waals surface area contributed by atoms with Gasteiger partial charge in [0.2, 0.25) is 0 Å². The van der Waals surface area contributed by atoms with Crippen molar-refractivity contribution in [1.82, 2.24) is 9.97 Å². The first-order valence-electron chi connectivity index (χ1n) is 9.08. The molecule has 0 saturated heterocycles. The van der Waals surface area contributed by atoms with Crippen molar-refractivity contribution in [3.63, 3.8) is 0 Å². The molecule has 0 bridgehead atoms. The number of benzene rings is 1. The molecule has 7 nitrogen and oxygen atoms in total. The van der Waals surface area contributed by atoms with E-state index in [1.165, 1.54) is 25.6 Å². The SMILES string of the molecule is CCOC(=O)c1cccc(Nc2ncnc(NC3CCCCC3)c2N)c1. The van der Waals surface area contributed by atoms with Crippen LogP contribution in [0.15, 0.2) is 30.6 Å². The third-order valence-corrected chi connectivity index (χ3v) is 4.47. The number of aromatic nitrogens is 2. The number of nitrogens with one attached hydrogen (secondary N) is 2. The lowest BCUT2D eigenvalue weighted by Gasteiger charge is -2.24. The second-order valence-corrected chi connectivity index (χ2v) is 6.39. The zero-order chi connectivity index (χ0) is 18.4. The summed E-state index contributed by atoms with van der Waals surface area (Å²) in [7, 11) is 0. The summed E-state index contributed by atoms with van der Waals surface area (Å²) in [4.78, 5) is 20.4. The molecule has 1 fully saturated rings. The van der Waals surface area contributed by atoms with Gasteiger partial charge in [-0.3, -0.25) is 0 Å². The maximum Gasteiger partial charge on any atom is 0.338 e. The minimum Gasteiger partial charge on any atom is -0.462 e. The lowest BCUT2D eigenvalue weighted by molar-refractivity contribution is 0.0526. The molecule has 0 radical (unpaired) electrons. The van der Waals surface area contributed by atoms with Crippen molar-refractivity contribution in [2.24, 2.45) is 0 Å². The monoisotopic (exact) mass is 355 g/mol. The first-order valence-corrected chi connectivity index (χ1v) is 9.08. The molecule has 138 valence electrons. The molecular weight excluding hydrogens is 330 g/mol. The van der Waals surface area contributed by atoms with E-state index in [2.05, 4.69) is 20.6 Å². The molecule has 1 saturated carbocycles. The van der Waals surface area contributed by atoms with Crippen molar-refractivity contribution in [1.29, 1.82) is 0 Å². The normalized spacial score (nSPS) is 14.7. The quantitative estimate of drug-likeness (QED) is 0.679. The summed E-state index contributed by atoms with van der Waals surface area (Å²) in [6.45, 7) is 2.12. The Kier molecular flexibility index (Phi) is 5.88. The van der Waals surface area contributed by atoms with E-state index in [1.54, 1.807) is 25.1 Å². The van der Waals surface area contributed by atoms with Crippen molar-refractivity contribution in [2.75, 3.05) is 23.0 Å². The summed E-state index contributed by atoms with van der Waals surface area (Å²) in [5.74, 6) is 0.807. The molecule has 1 aliphatic carbocycles. The number of hydrogen-bond acceptors (Lipinski definition) is 7. The summed E-state index contributed by atoms with van der Waals surface area (Å²) < 4.78 is 5.03. The Morgan fingerprint density at radius 3 is 2.77 bits per heavy atom. The van der Waals surface area contributed by atoms with E-state index in [-0.39, 0.29) is 5.97 Å². The van der Waals surface area contributed by atoms with Gasteiger partial charge in [0, 0.05) is 11.7 Å². The van der Waals surface area contributed by atoms with Crippen LogP contribution in [0.25, 0.3) is 0 Å². The van der Waals surface area contributed by atoms with Crippen LogP contribution in [0.2, 0.25) is 0 Å². The van der Waals surface area contributed by atoms with Gasteiger partial charge in [-0.15, -0.1) is 0 Å². The molecule has 3 rings (SSSR count). The fourth-order valence-electron chi connectivity index (χ4n) is 3.13. The number of rotatable bonds is 6. The first-order chi connectivity index (χ1) is 12.7. The first kappa shape index (κ1) is 18.0. The van der Waals surface area contributed by atoms with Crippen molar-refractivity contribution < 1.29 is 9.53 Å². The highest BCUT2D eigenvalue weighted by atomic mass is 16.5. The van der Waals surface area contributed by atoms with Gasteiger partial charge in [-0.1, -0.05) is 25.3 Å². The van der Waals surface area contributed by atoms with Crippen LogP contribution in [0.4, 0.5) is 23.0 Å². The number of esters is 1. The summed E-state index contributed by atoms with van der Waals surface area (Å²) in [5.41, 5.74) is 7.91. The number of ether oxygens (including phenoxy) is 1. The average molecular weight is 355 g/mol. The molecule has 1 aliphatic rings. The Labute approximate surface area is 153 Å². The van der Waals surface area contributed by atoms with E-state index in [4.69, 9.17) is 10.5 Å². The van der Waals surface area contributed by atoms with Crippen molar-refractivity contribution in [3.8, 4) is 0 Å². The molecule has 0 unspecified atom stereocenters. The number of anilines is 4. The van der Waals surface area contributed by atoms with Gasteiger partial charge in [-0.25, -0.2) is 14.8 Å². The summed E-state index contributed by atoms with van der Waals surface area (Å²) >= 11 is 0. The van der Waals surface area contributed by atoms with Crippen LogP contribution in [0, 0.1) is 0 Å².